The Balaban J connectivity index is 2.09. The minimum Gasteiger partial charge on any atom is -0.504 e. The third-order valence-corrected chi connectivity index (χ3v) is 4.55. The largest absolute Gasteiger partial charge is 0.504 e. The number of hydrogen-bond acceptors (Lipinski definition) is 4. The number of benzene rings is 2. The number of hydrogen-bond donors (Lipinski definition) is 1. The molecule has 4 rings (SSSR count). The molecule has 114 valence electrons. The van der Waals surface area contributed by atoms with Crippen LogP contribution in [0.25, 0.3) is 33.3 Å². The monoisotopic (exact) mass is 369 g/mol. The van der Waals surface area contributed by atoms with Gasteiger partial charge >= 0.3 is 0 Å². The molecule has 2 heterocycles. The van der Waals surface area contributed by atoms with Gasteiger partial charge in [-0.05, 0) is 28.1 Å². The predicted octanol–water partition coefficient (Wildman–Crippen LogP) is 5.12. The zero-order valence-corrected chi connectivity index (χ0v) is 13.8. The lowest BCUT2D eigenvalue weighted by Gasteiger charge is -2.04. The summed E-state index contributed by atoms with van der Waals surface area (Å²) in [4.78, 5) is 4.69. The maximum Gasteiger partial charge on any atom is 0.195 e. The maximum atomic E-state index is 10.4. The molecule has 2 aromatic carbocycles. The number of furan rings is 1. The zero-order chi connectivity index (χ0) is 16.0. The van der Waals surface area contributed by atoms with Gasteiger partial charge in [-0.3, -0.25) is 0 Å². The van der Waals surface area contributed by atoms with Crippen LogP contribution < -0.4 is 4.74 Å². The SMILES string of the molecule is COc1ccc2oc3c(O)cc(-c4ccccc4)nc3c2c1Br. The van der Waals surface area contributed by atoms with Crippen molar-refractivity contribution in [2.24, 2.45) is 0 Å². The second-order valence-corrected chi connectivity index (χ2v) is 5.92. The smallest absolute Gasteiger partial charge is 0.195 e. The maximum absolute atomic E-state index is 10.4. The van der Waals surface area contributed by atoms with Gasteiger partial charge < -0.3 is 14.3 Å². The van der Waals surface area contributed by atoms with Gasteiger partial charge in [-0.2, -0.15) is 0 Å². The van der Waals surface area contributed by atoms with Crippen molar-refractivity contribution >= 4 is 38.0 Å². The van der Waals surface area contributed by atoms with Gasteiger partial charge in [0.05, 0.1) is 22.7 Å². The van der Waals surface area contributed by atoms with E-state index < -0.39 is 0 Å². The highest BCUT2D eigenvalue weighted by Crippen LogP contribution is 2.42. The average molecular weight is 370 g/mol. The fraction of sp³-hybridized carbons (Fsp3) is 0.0556. The van der Waals surface area contributed by atoms with E-state index in [4.69, 9.17) is 14.1 Å². The quantitative estimate of drug-likeness (QED) is 0.532. The molecule has 4 aromatic rings. The first-order valence-electron chi connectivity index (χ1n) is 7.03. The van der Waals surface area contributed by atoms with Crippen molar-refractivity contribution in [3.8, 4) is 22.8 Å². The molecule has 0 radical (unpaired) electrons. The molecule has 0 saturated carbocycles. The summed E-state index contributed by atoms with van der Waals surface area (Å²) in [6.07, 6.45) is 0. The van der Waals surface area contributed by atoms with Gasteiger partial charge in [-0.15, -0.1) is 0 Å². The third-order valence-electron chi connectivity index (χ3n) is 3.76. The Morgan fingerprint density at radius 1 is 1.13 bits per heavy atom. The van der Waals surface area contributed by atoms with Crippen LogP contribution in [0.15, 0.2) is 57.4 Å². The van der Waals surface area contributed by atoms with E-state index in [-0.39, 0.29) is 5.75 Å². The lowest BCUT2D eigenvalue weighted by Crippen LogP contribution is -1.86. The van der Waals surface area contributed by atoms with Crippen LogP contribution in [0.1, 0.15) is 0 Å². The summed E-state index contributed by atoms with van der Waals surface area (Å²) in [6.45, 7) is 0. The van der Waals surface area contributed by atoms with Crippen LogP contribution >= 0.6 is 15.9 Å². The predicted molar refractivity (Wildman–Crippen MR) is 92.9 cm³/mol. The molecule has 0 spiro atoms. The molecular weight excluding hydrogens is 358 g/mol. The number of ether oxygens (including phenoxy) is 1. The zero-order valence-electron chi connectivity index (χ0n) is 12.2. The number of rotatable bonds is 2. The second-order valence-electron chi connectivity index (χ2n) is 5.13. The minimum atomic E-state index is 0.0657. The van der Waals surface area contributed by atoms with Crippen LogP contribution in [0.2, 0.25) is 0 Å². The summed E-state index contributed by atoms with van der Waals surface area (Å²) in [7, 11) is 1.61. The standard InChI is InChI=1S/C18H12BrNO3/c1-22-14-8-7-13-15(16(14)19)17-18(23-13)12(21)9-11(20-17)10-5-3-2-4-6-10/h2-9H,1H3,(H,20,21). The molecule has 23 heavy (non-hydrogen) atoms. The van der Waals surface area contributed by atoms with Crippen molar-refractivity contribution in [2.45, 2.75) is 0 Å². The van der Waals surface area contributed by atoms with Crippen molar-refractivity contribution in [3.63, 3.8) is 0 Å². The van der Waals surface area contributed by atoms with Crippen molar-refractivity contribution in [1.29, 1.82) is 0 Å². The number of aromatic hydroxyl groups is 1. The highest BCUT2D eigenvalue weighted by molar-refractivity contribution is 9.10. The molecule has 1 N–H and O–H groups in total. The minimum absolute atomic E-state index is 0.0657. The molecule has 0 amide bonds. The molecule has 0 unspecified atom stereocenters. The normalized spacial score (nSPS) is 11.2. The topological polar surface area (TPSA) is 55.5 Å². The first kappa shape index (κ1) is 14.1. The summed E-state index contributed by atoms with van der Waals surface area (Å²) in [6, 6.07) is 14.9. The number of methoxy groups -OCH3 is 1. The van der Waals surface area contributed by atoms with Crippen LogP contribution in [-0.4, -0.2) is 17.2 Å². The molecular formula is C18H12BrNO3. The van der Waals surface area contributed by atoms with Gasteiger partial charge in [-0.25, -0.2) is 4.98 Å². The Bertz CT molecular complexity index is 1020. The molecule has 0 atom stereocenters. The molecule has 2 aromatic heterocycles. The summed E-state index contributed by atoms with van der Waals surface area (Å²) in [5.74, 6) is 0.752. The van der Waals surface area contributed by atoms with Crippen molar-refractivity contribution in [2.75, 3.05) is 7.11 Å². The van der Waals surface area contributed by atoms with Gasteiger partial charge in [-0.1, -0.05) is 30.3 Å². The molecule has 0 aliphatic rings. The van der Waals surface area contributed by atoms with E-state index in [0.717, 1.165) is 15.4 Å². The van der Waals surface area contributed by atoms with Crippen LogP contribution in [0.3, 0.4) is 0 Å². The summed E-state index contributed by atoms with van der Waals surface area (Å²) < 4.78 is 11.9. The van der Waals surface area contributed by atoms with E-state index >= 15 is 0 Å². The summed E-state index contributed by atoms with van der Waals surface area (Å²) in [5.41, 5.74) is 3.23. The summed E-state index contributed by atoms with van der Waals surface area (Å²) in [5, 5.41) is 11.1. The lowest BCUT2D eigenvalue weighted by molar-refractivity contribution is 0.413. The molecule has 0 aliphatic carbocycles. The Morgan fingerprint density at radius 3 is 2.65 bits per heavy atom. The highest BCUT2D eigenvalue weighted by Gasteiger charge is 2.18. The van der Waals surface area contributed by atoms with Gasteiger partial charge in [0.15, 0.2) is 11.3 Å². The molecule has 0 saturated heterocycles. The number of halogens is 1. The number of pyridine rings is 1. The first-order valence-corrected chi connectivity index (χ1v) is 7.82. The number of nitrogens with zero attached hydrogens (tertiary/aromatic N) is 1. The lowest BCUT2D eigenvalue weighted by atomic mass is 10.1. The van der Waals surface area contributed by atoms with Gasteiger partial charge in [0.1, 0.15) is 16.8 Å². The van der Waals surface area contributed by atoms with E-state index in [9.17, 15) is 5.11 Å². The van der Waals surface area contributed by atoms with Crippen LogP contribution in [0.4, 0.5) is 0 Å². The molecule has 0 fully saturated rings. The van der Waals surface area contributed by atoms with Crippen LogP contribution in [0, 0.1) is 0 Å². The van der Waals surface area contributed by atoms with Gasteiger partial charge in [0.25, 0.3) is 0 Å². The Morgan fingerprint density at radius 2 is 1.91 bits per heavy atom. The van der Waals surface area contributed by atoms with Gasteiger partial charge in [0, 0.05) is 11.6 Å². The Kier molecular flexibility index (Phi) is 3.23. The van der Waals surface area contributed by atoms with Crippen molar-refractivity contribution < 1.29 is 14.3 Å². The number of aromatic nitrogens is 1. The average Bonchev–Trinajstić information content (AvgIpc) is 2.96. The number of fused-ring (bicyclic) bond motifs is 3. The van der Waals surface area contributed by atoms with Gasteiger partial charge in [0.2, 0.25) is 0 Å². The second kappa shape index (κ2) is 5.28. The molecule has 0 bridgehead atoms. The fourth-order valence-corrected chi connectivity index (χ4v) is 3.34. The Hall–Kier alpha value is -2.53. The molecule has 0 aliphatic heterocycles. The third kappa shape index (κ3) is 2.16. The van der Waals surface area contributed by atoms with E-state index in [0.29, 0.717) is 28.1 Å². The van der Waals surface area contributed by atoms with Crippen molar-refractivity contribution in [3.05, 3.63) is 53.0 Å². The summed E-state index contributed by atoms with van der Waals surface area (Å²) >= 11 is 3.54. The van der Waals surface area contributed by atoms with Crippen LogP contribution in [0.5, 0.6) is 11.5 Å². The fourth-order valence-electron chi connectivity index (χ4n) is 2.66. The van der Waals surface area contributed by atoms with E-state index in [1.54, 1.807) is 13.2 Å². The van der Waals surface area contributed by atoms with E-state index in [1.165, 1.54) is 0 Å². The molecule has 4 nitrogen and oxygen atoms in total. The first-order chi connectivity index (χ1) is 11.2. The van der Waals surface area contributed by atoms with Crippen molar-refractivity contribution in [1.82, 2.24) is 4.98 Å². The van der Waals surface area contributed by atoms with E-state index in [1.807, 2.05) is 42.5 Å². The van der Waals surface area contributed by atoms with E-state index in [2.05, 4.69) is 15.9 Å². The van der Waals surface area contributed by atoms with Crippen LogP contribution in [-0.2, 0) is 0 Å². The highest BCUT2D eigenvalue weighted by atomic mass is 79.9. The molecule has 5 heteroatoms. The Labute approximate surface area is 140 Å².